The van der Waals surface area contributed by atoms with Crippen molar-refractivity contribution in [3.8, 4) is 5.75 Å². The maximum atomic E-state index is 12.6. The van der Waals surface area contributed by atoms with E-state index in [0.29, 0.717) is 24.7 Å². The fourth-order valence-electron chi connectivity index (χ4n) is 3.28. The molecule has 0 bridgehead atoms. The molecule has 0 aliphatic carbocycles. The third kappa shape index (κ3) is 6.84. The lowest BCUT2D eigenvalue weighted by atomic mass is 10.1. The predicted octanol–water partition coefficient (Wildman–Crippen LogP) is 4.46. The van der Waals surface area contributed by atoms with Gasteiger partial charge in [0.2, 0.25) is 15.9 Å². The molecule has 0 fully saturated rings. The van der Waals surface area contributed by atoms with Crippen molar-refractivity contribution in [3.05, 3.63) is 83.6 Å². The summed E-state index contributed by atoms with van der Waals surface area (Å²) in [5.74, 6) is 0.0659. The summed E-state index contributed by atoms with van der Waals surface area (Å²) in [5.41, 5.74) is 2.00. The first-order chi connectivity index (χ1) is 16.7. The van der Waals surface area contributed by atoms with E-state index in [9.17, 15) is 18.0 Å². The number of ether oxygens (including phenoxy) is 1. The van der Waals surface area contributed by atoms with Gasteiger partial charge in [0.15, 0.2) is 0 Å². The summed E-state index contributed by atoms with van der Waals surface area (Å²) in [6.45, 7) is 5.71. The molecule has 1 amide bonds. The molecule has 2 aromatic carbocycles. The summed E-state index contributed by atoms with van der Waals surface area (Å²) in [5, 5.41) is 2.64. The molecule has 182 valence electrons. The summed E-state index contributed by atoms with van der Waals surface area (Å²) in [7, 11) is -3.59. The molecule has 0 aliphatic heterocycles. The third-order valence-electron chi connectivity index (χ3n) is 5.08. The average Bonchev–Trinajstić information content (AvgIpc) is 2.84. The Kier molecular flexibility index (Phi) is 8.51. The number of nitrogens with zero attached hydrogens (tertiary/aromatic N) is 2. The lowest BCUT2D eigenvalue weighted by molar-refractivity contribution is -0.114. The van der Waals surface area contributed by atoms with E-state index >= 15 is 0 Å². The van der Waals surface area contributed by atoms with Crippen molar-refractivity contribution < 1.29 is 22.7 Å². The van der Waals surface area contributed by atoms with E-state index in [-0.39, 0.29) is 16.4 Å². The maximum absolute atomic E-state index is 12.6. The minimum atomic E-state index is -3.59. The second-order valence-corrected chi connectivity index (χ2v) is 9.50. The Morgan fingerprint density at radius 1 is 0.943 bits per heavy atom. The van der Waals surface area contributed by atoms with Crippen LogP contribution < -0.4 is 10.1 Å². The highest BCUT2D eigenvalue weighted by Gasteiger charge is 2.22. The molecular formula is C26H27N3O5S. The van der Waals surface area contributed by atoms with Gasteiger partial charge in [-0.15, -0.1) is 0 Å². The first kappa shape index (κ1) is 25.8. The first-order valence-electron chi connectivity index (χ1n) is 11.1. The van der Waals surface area contributed by atoms with Crippen LogP contribution in [0, 0.1) is 0 Å². The van der Waals surface area contributed by atoms with E-state index in [1.807, 2.05) is 18.2 Å². The number of rotatable bonds is 9. The van der Waals surface area contributed by atoms with Crippen molar-refractivity contribution in [2.24, 2.45) is 0 Å². The molecule has 0 atom stereocenters. The monoisotopic (exact) mass is 493 g/mol. The fourth-order valence-corrected chi connectivity index (χ4v) is 4.74. The van der Waals surface area contributed by atoms with Gasteiger partial charge < -0.3 is 10.1 Å². The summed E-state index contributed by atoms with van der Waals surface area (Å²) < 4.78 is 31.9. The van der Waals surface area contributed by atoms with Crippen LogP contribution in [0.3, 0.4) is 0 Å². The Balaban J connectivity index is 1.64. The molecule has 3 aromatic rings. The molecule has 1 heterocycles. The van der Waals surface area contributed by atoms with Crippen molar-refractivity contribution in [3.63, 3.8) is 0 Å². The van der Waals surface area contributed by atoms with E-state index in [4.69, 9.17) is 4.74 Å². The maximum Gasteiger partial charge on any atom is 0.343 e. The number of sulfonamides is 1. The zero-order valence-electron chi connectivity index (χ0n) is 19.8. The summed E-state index contributed by atoms with van der Waals surface area (Å²) in [6, 6.07) is 16.2. The van der Waals surface area contributed by atoms with E-state index < -0.39 is 16.0 Å². The third-order valence-corrected chi connectivity index (χ3v) is 7.14. The molecule has 0 radical (unpaired) electrons. The number of amides is 1. The Bertz CT molecular complexity index is 1310. The minimum absolute atomic E-state index is 0.132. The number of carbonyl (C=O) groups excluding carboxylic acids is 2. The highest BCUT2D eigenvalue weighted by atomic mass is 32.2. The SMILES string of the molecule is CCN(CC)S(=O)(=O)c1ccc(C(=O)Oc2ccc(/C=C/c3ccnc(NC(C)=O)c3)cc2)cc1. The lowest BCUT2D eigenvalue weighted by Gasteiger charge is -2.18. The zero-order chi connectivity index (χ0) is 25.4. The van der Waals surface area contributed by atoms with Gasteiger partial charge >= 0.3 is 5.97 Å². The van der Waals surface area contributed by atoms with Gasteiger partial charge in [0.1, 0.15) is 11.6 Å². The van der Waals surface area contributed by atoms with Crippen molar-refractivity contribution in [2.75, 3.05) is 18.4 Å². The lowest BCUT2D eigenvalue weighted by Crippen LogP contribution is -2.30. The quantitative estimate of drug-likeness (QED) is 0.349. The molecule has 0 unspecified atom stereocenters. The van der Waals surface area contributed by atoms with Gasteiger partial charge in [-0.05, 0) is 59.7 Å². The van der Waals surface area contributed by atoms with Crippen LogP contribution in [0.1, 0.15) is 42.3 Å². The molecule has 1 aromatic heterocycles. The van der Waals surface area contributed by atoms with Crippen LogP contribution in [-0.2, 0) is 14.8 Å². The van der Waals surface area contributed by atoms with E-state index in [1.165, 1.54) is 35.5 Å². The van der Waals surface area contributed by atoms with Gasteiger partial charge in [-0.2, -0.15) is 4.31 Å². The molecule has 9 heteroatoms. The number of hydrogen-bond donors (Lipinski definition) is 1. The number of hydrogen-bond acceptors (Lipinski definition) is 6. The van der Waals surface area contributed by atoms with Crippen LogP contribution in [0.5, 0.6) is 5.75 Å². The largest absolute Gasteiger partial charge is 0.423 e. The van der Waals surface area contributed by atoms with Crippen molar-refractivity contribution in [1.82, 2.24) is 9.29 Å². The second-order valence-electron chi connectivity index (χ2n) is 7.56. The van der Waals surface area contributed by atoms with Crippen LogP contribution in [-0.4, -0.2) is 42.7 Å². The van der Waals surface area contributed by atoms with Gasteiger partial charge in [0, 0.05) is 26.2 Å². The molecule has 0 saturated heterocycles. The van der Waals surface area contributed by atoms with Crippen molar-refractivity contribution in [1.29, 1.82) is 0 Å². The topological polar surface area (TPSA) is 106 Å². The van der Waals surface area contributed by atoms with E-state index in [2.05, 4.69) is 10.3 Å². The Hall–Kier alpha value is -3.82. The fraction of sp³-hybridized carbons (Fsp3) is 0.192. The van der Waals surface area contributed by atoms with Gasteiger partial charge in [0.05, 0.1) is 10.5 Å². The van der Waals surface area contributed by atoms with Gasteiger partial charge in [-0.25, -0.2) is 18.2 Å². The average molecular weight is 494 g/mol. The van der Waals surface area contributed by atoms with Gasteiger partial charge in [-0.1, -0.05) is 38.1 Å². The Morgan fingerprint density at radius 3 is 2.17 bits per heavy atom. The Labute approximate surface area is 205 Å². The number of pyridine rings is 1. The van der Waals surface area contributed by atoms with Crippen molar-refractivity contribution >= 4 is 39.9 Å². The molecule has 0 aliphatic rings. The van der Waals surface area contributed by atoms with Crippen LogP contribution in [0.4, 0.5) is 5.82 Å². The molecule has 0 saturated carbocycles. The Morgan fingerprint density at radius 2 is 1.57 bits per heavy atom. The number of carbonyl (C=O) groups is 2. The molecular weight excluding hydrogens is 466 g/mol. The highest BCUT2D eigenvalue weighted by molar-refractivity contribution is 7.89. The smallest absolute Gasteiger partial charge is 0.343 e. The summed E-state index contributed by atoms with van der Waals surface area (Å²) >= 11 is 0. The van der Waals surface area contributed by atoms with Crippen LogP contribution >= 0.6 is 0 Å². The number of esters is 1. The van der Waals surface area contributed by atoms with Crippen LogP contribution in [0.2, 0.25) is 0 Å². The number of nitrogens with one attached hydrogen (secondary N) is 1. The molecule has 1 N–H and O–H groups in total. The number of anilines is 1. The standard InChI is InChI=1S/C26H27N3O5S/c1-4-29(5-2)35(32,33)24-14-10-22(11-15-24)26(31)34-23-12-8-20(9-13-23)6-7-21-16-17-27-25(18-21)28-19(3)30/h6-18H,4-5H2,1-3H3,(H,27,28,30)/b7-6+. The first-order valence-corrected chi connectivity index (χ1v) is 12.5. The summed E-state index contributed by atoms with van der Waals surface area (Å²) in [4.78, 5) is 27.9. The van der Waals surface area contributed by atoms with Gasteiger partial charge in [0.25, 0.3) is 0 Å². The normalized spacial score (nSPS) is 11.5. The number of benzene rings is 2. The molecule has 8 nitrogen and oxygen atoms in total. The van der Waals surface area contributed by atoms with Gasteiger partial charge in [-0.3, -0.25) is 4.79 Å². The van der Waals surface area contributed by atoms with E-state index in [0.717, 1.165) is 11.1 Å². The minimum Gasteiger partial charge on any atom is -0.423 e. The summed E-state index contributed by atoms with van der Waals surface area (Å²) in [6.07, 6.45) is 5.37. The van der Waals surface area contributed by atoms with Crippen molar-refractivity contribution in [2.45, 2.75) is 25.7 Å². The highest BCUT2D eigenvalue weighted by Crippen LogP contribution is 2.19. The number of aromatic nitrogens is 1. The van der Waals surface area contributed by atoms with Crippen LogP contribution in [0.15, 0.2) is 71.8 Å². The predicted molar refractivity (Wildman–Crippen MR) is 135 cm³/mol. The van der Waals surface area contributed by atoms with E-state index in [1.54, 1.807) is 50.4 Å². The second kappa shape index (κ2) is 11.5. The molecule has 35 heavy (non-hydrogen) atoms. The van der Waals surface area contributed by atoms with Crippen LogP contribution in [0.25, 0.3) is 12.2 Å². The molecule has 3 rings (SSSR count). The zero-order valence-corrected chi connectivity index (χ0v) is 20.6. The molecule has 0 spiro atoms.